The van der Waals surface area contributed by atoms with E-state index in [4.69, 9.17) is 11.6 Å². The lowest BCUT2D eigenvalue weighted by Gasteiger charge is -2.18. The Kier molecular flexibility index (Phi) is 2.24. The molecule has 0 spiro atoms. The van der Waals surface area contributed by atoms with Gasteiger partial charge in [0.05, 0.1) is 16.4 Å². The first kappa shape index (κ1) is 9.34. The molecule has 2 unspecified atom stereocenters. The average molecular weight is 223 g/mol. The van der Waals surface area contributed by atoms with Gasteiger partial charge in [-0.3, -0.25) is 0 Å². The summed E-state index contributed by atoms with van der Waals surface area (Å²) in [5.41, 5.74) is 2.24. The monoisotopic (exact) mass is 222 g/mol. The van der Waals surface area contributed by atoms with E-state index in [2.05, 4.69) is 16.7 Å². The van der Waals surface area contributed by atoms with Crippen LogP contribution in [0, 0.1) is 5.92 Å². The number of nitrogens with one attached hydrogen (secondary N) is 2. The summed E-state index contributed by atoms with van der Waals surface area (Å²) in [5, 5.41) is 7.91. The van der Waals surface area contributed by atoms with Gasteiger partial charge in [0.2, 0.25) is 0 Å². The van der Waals surface area contributed by atoms with Crippen LogP contribution in [0.2, 0.25) is 5.02 Å². The normalized spacial score (nSPS) is 28.3. The highest BCUT2D eigenvalue weighted by atomic mass is 35.5. The molecule has 0 saturated heterocycles. The molecule has 2 N–H and O–H groups in total. The fraction of sp³-hybridized carbons (Fsp3) is 0.500. The van der Waals surface area contributed by atoms with Gasteiger partial charge in [0.25, 0.3) is 0 Å². The first-order chi connectivity index (χ1) is 7.34. The van der Waals surface area contributed by atoms with E-state index in [1.165, 1.54) is 19.3 Å². The summed E-state index contributed by atoms with van der Waals surface area (Å²) >= 11 is 6.20. The molecule has 2 nitrogen and oxygen atoms in total. The second kappa shape index (κ2) is 3.60. The van der Waals surface area contributed by atoms with Crippen LogP contribution in [0.4, 0.5) is 11.4 Å². The van der Waals surface area contributed by atoms with Gasteiger partial charge < -0.3 is 10.6 Å². The van der Waals surface area contributed by atoms with E-state index < -0.39 is 0 Å². The van der Waals surface area contributed by atoms with Gasteiger partial charge in [0.15, 0.2) is 0 Å². The van der Waals surface area contributed by atoms with E-state index in [9.17, 15) is 0 Å². The van der Waals surface area contributed by atoms with Gasteiger partial charge in [-0.05, 0) is 30.9 Å². The van der Waals surface area contributed by atoms with E-state index >= 15 is 0 Å². The van der Waals surface area contributed by atoms with Crippen molar-refractivity contribution in [1.82, 2.24) is 0 Å². The van der Waals surface area contributed by atoms with Gasteiger partial charge in [0, 0.05) is 12.6 Å². The summed E-state index contributed by atoms with van der Waals surface area (Å²) in [5.74, 6) is 0.758. The van der Waals surface area contributed by atoms with Crippen LogP contribution in [0.3, 0.4) is 0 Å². The fourth-order valence-corrected chi connectivity index (χ4v) is 2.94. The Morgan fingerprint density at radius 3 is 3.13 bits per heavy atom. The van der Waals surface area contributed by atoms with Crippen molar-refractivity contribution in [2.24, 2.45) is 5.92 Å². The predicted octanol–water partition coefficient (Wildman–Crippen LogP) is 3.35. The number of hydrogen-bond acceptors (Lipinski definition) is 2. The van der Waals surface area contributed by atoms with E-state index in [0.29, 0.717) is 6.04 Å². The molecular formula is C12H15ClN2. The molecule has 0 radical (unpaired) electrons. The molecule has 1 saturated carbocycles. The number of hydrogen-bond donors (Lipinski definition) is 2. The fourth-order valence-electron chi connectivity index (χ4n) is 2.72. The molecule has 0 aromatic heterocycles. The number of fused-ring (bicyclic) bond motifs is 2. The maximum atomic E-state index is 6.20. The van der Waals surface area contributed by atoms with Crippen molar-refractivity contribution in [3.8, 4) is 0 Å². The maximum absolute atomic E-state index is 6.20. The quantitative estimate of drug-likeness (QED) is 0.704. The number of benzene rings is 1. The van der Waals surface area contributed by atoms with Crippen molar-refractivity contribution >= 4 is 23.0 Å². The van der Waals surface area contributed by atoms with Gasteiger partial charge in [-0.1, -0.05) is 24.1 Å². The standard InChI is InChI=1S/C12H15ClN2/c13-9-4-2-6-11-12(9)15-10-5-1-3-8(10)7-14-11/h2,4,6,8,10,14-15H,1,3,5,7H2. The lowest BCUT2D eigenvalue weighted by atomic mass is 10.0. The van der Waals surface area contributed by atoms with Crippen molar-refractivity contribution in [3.05, 3.63) is 23.2 Å². The van der Waals surface area contributed by atoms with Gasteiger partial charge in [-0.2, -0.15) is 0 Å². The molecule has 0 amide bonds. The minimum absolute atomic E-state index is 0.610. The van der Waals surface area contributed by atoms with Crippen LogP contribution in [-0.4, -0.2) is 12.6 Å². The summed E-state index contributed by atoms with van der Waals surface area (Å²) < 4.78 is 0. The molecule has 1 aromatic carbocycles. The lowest BCUT2D eigenvalue weighted by Crippen LogP contribution is -2.25. The largest absolute Gasteiger partial charge is 0.383 e. The van der Waals surface area contributed by atoms with Crippen LogP contribution in [0.15, 0.2) is 18.2 Å². The molecule has 1 aliphatic heterocycles. The Morgan fingerprint density at radius 2 is 2.20 bits per heavy atom. The summed E-state index contributed by atoms with van der Waals surface area (Å²) in [6.07, 6.45) is 3.94. The molecule has 1 aromatic rings. The molecule has 0 bridgehead atoms. The minimum atomic E-state index is 0.610. The first-order valence-corrected chi connectivity index (χ1v) is 6.01. The Morgan fingerprint density at radius 1 is 1.27 bits per heavy atom. The highest BCUT2D eigenvalue weighted by Gasteiger charge is 2.30. The van der Waals surface area contributed by atoms with E-state index in [1.807, 2.05) is 12.1 Å². The lowest BCUT2D eigenvalue weighted by molar-refractivity contribution is 0.537. The van der Waals surface area contributed by atoms with Crippen molar-refractivity contribution in [2.75, 3.05) is 17.2 Å². The molecule has 2 aliphatic rings. The van der Waals surface area contributed by atoms with Gasteiger partial charge in [-0.15, -0.1) is 0 Å². The van der Waals surface area contributed by atoms with Crippen LogP contribution < -0.4 is 10.6 Å². The van der Waals surface area contributed by atoms with Gasteiger partial charge in [0.1, 0.15) is 0 Å². The summed E-state index contributed by atoms with van der Waals surface area (Å²) in [6.45, 7) is 1.07. The molecule has 1 heterocycles. The number of para-hydroxylation sites is 1. The molecule has 3 rings (SSSR count). The van der Waals surface area contributed by atoms with Gasteiger partial charge in [-0.25, -0.2) is 0 Å². The predicted molar refractivity (Wildman–Crippen MR) is 64.7 cm³/mol. The molecule has 15 heavy (non-hydrogen) atoms. The highest BCUT2D eigenvalue weighted by Crippen LogP contribution is 2.38. The minimum Gasteiger partial charge on any atom is -0.383 e. The Balaban J connectivity index is 1.98. The third kappa shape index (κ3) is 1.57. The number of rotatable bonds is 0. The Labute approximate surface area is 95.0 Å². The van der Waals surface area contributed by atoms with Crippen LogP contribution in [0.1, 0.15) is 19.3 Å². The molecule has 1 fully saturated rings. The number of halogens is 1. The SMILES string of the molecule is Clc1cccc2c1NC1CCCC1CN2. The molecule has 1 aliphatic carbocycles. The second-order valence-corrected chi connectivity index (χ2v) is 4.89. The third-order valence-corrected chi connectivity index (χ3v) is 3.87. The zero-order valence-electron chi connectivity index (χ0n) is 8.59. The van der Waals surface area contributed by atoms with Crippen LogP contribution in [-0.2, 0) is 0 Å². The van der Waals surface area contributed by atoms with E-state index in [-0.39, 0.29) is 0 Å². The number of anilines is 2. The van der Waals surface area contributed by atoms with Crippen LogP contribution in [0.5, 0.6) is 0 Å². The highest BCUT2D eigenvalue weighted by molar-refractivity contribution is 6.34. The molecular weight excluding hydrogens is 208 g/mol. The summed E-state index contributed by atoms with van der Waals surface area (Å²) in [7, 11) is 0. The molecule has 2 atom stereocenters. The van der Waals surface area contributed by atoms with Crippen molar-refractivity contribution < 1.29 is 0 Å². The average Bonchev–Trinajstić information content (AvgIpc) is 2.60. The second-order valence-electron chi connectivity index (χ2n) is 4.49. The molecule has 80 valence electrons. The van der Waals surface area contributed by atoms with Crippen molar-refractivity contribution in [2.45, 2.75) is 25.3 Å². The summed E-state index contributed by atoms with van der Waals surface area (Å²) in [4.78, 5) is 0. The Bertz CT molecular complexity index is 378. The van der Waals surface area contributed by atoms with E-state index in [0.717, 1.165) is 28.9 Å². The third-order valence-electron chi connectivity index (χ3n) is 3.56. The van der Waals surface area contributed by atoms with Crippen molar-refractivity contribution in [1.29, 1.82) is 0 Å². The zero-order valence-corrected chi connectivity index (χ0v) is 9.35. The van der Waals surface area contributed by atoms with E-state index in [1.54, 1.807) is 0 Å². The van der Waals surface area contributed by atoms with Crippen molar-refractivity contribution in [3.63, 3.8) is 0 Å². The smallest absolute Gasteiger partial charge is 0.0767 e. The zero-order chi connectivity index (χ0) is 10.3. The van der Waals surface area contributed by atoms with Crippen LogP contribution in [0.25, 0.3) is 0 Å². The molecule has 3 heteroatoms. The summed E-state index contributed by atoms with van der Waals surface area (Å²) in [6, 6.07) is 6.65. The topological polar surface area (TPSA) is 24.1 Å². The van der Waals surface area contributed by atoms with Gasteiger partial charge >= 0.3 is 0 Å². The maximum Gasteiger partial charge on any atom is 0.0767 e. The first-order valence-electron chi connectivity index (χ1n) is 5.63. The van der Waals surface area contributed by atoms with Crippen LogP contribution >= 0.6 is 11.6 Å². The Hall–Kier alpha value is -0.890.